The van der Waals surface area contributed by atoms with Gasteiger partial charge in [-0.1, -0.05) is 6.07 Å². The Labute approximate surface area is 154 Å². The summed E-state index contributed by atoms with van der Waals surface area (Å²) in [6.45, 7) is 2.89. The van der Waals surface area contributed by atoms with Crippen LogP contribution in [0.2, 0.25) is 0 Å². The van der Waals surface area contributed by atoms with Crippen LogP contribution in [-0.4, -0.2) is 35.5 Å². The van der Waals surface area contributed by atoms with Gasteiger partial charge in [0.05, 0.1) is 0 Å². The Kier molecular flexibility index (Phi) is 6.30. The van der Waals surface area contributed by atoms with Gasteiger partial charge in [0.1, 0.15) is 5.54 Å². The Morgan fingerprint density at radius 3 is 2.62 bits per heavy atom. The molecule has 1 atom stereocenters. The average Bonchev–Trinajstić information content (AvgIpc) is 2.69. The molecule has 2 aromatic rings. The van der Waals surface area contributed by atoms with E-state index in [1.807, 2.05) is 24.3 Å². The lowest BCUT2D eigenvalue weighted by atomic mass is 9.83. The van der Waals surface area contributed by atoms with Crippen molar-refractivity contribution in [2.24, 2.45) is 11.7 Å². The van der Waals surface area contributed by atoms with Gasteiger partial charge in [-0.3, -0.25) is 20.1 Å². The molecule has 1 saturated heterocycles. The van der Waals surface area contributed by atoms with Crippen LogP contribution in [0.5, 0.6) is 0 Å². The van der Waals surface area contributed by atoms with Crippen LogP contribution in [0.3, 0.4) is 0 Å². The summed E-state index contributed by atoms with van der Waals surface area (Å²) in [5.74, 6) is 0.303. The van der Waals surface area contributed by atoms with Gasteiger partial charge in [-0.05, 0) is 68.6 Å². The van der Waals surface area contributed by atoms with E-state index in [0.29, 0.717) is 12.3 Å². The first kappa shape index (κ1) is 18.5. The highest BCUT2D eigenvalue weighted by molar-refractivity contribution is 5.86. The molecule has 1 amide bonds. The molecular formula is C20H27N5O. The van der Waals surface area contributed by atoms with E-state index in [4.69, 9.17) is 5.73 Å². The summed E-state index contributed by atoms with van der Waals surface area (Å²) in [6.07, 6.45) is 10.8. The highest BCUT2D eigenvalue weighted by Crippen LogP contribution is 2.26. The smallest absolute Gasteiger partial charge is 0.242 e. The molecule has 6 heteroatoms. The molecule has 1 unspecified atom stereocenters. The zero-order valence-corrected chi connectivity index (χ0v) is 15.0. The second kappa shape index (κ2) is 8.87. The molecule has 1 fully saturated rings. The number of primary amides is 1. The molecule has 3 heterocycles. The Morgan fingerprint density at radius 2 is 1.96 bits per heavy atom. The molecule has 3 rings (SSSR count). The molecule has 0 aliphatic carbocycles. The zero-order valence-electron chi connectivity index (χ0n) is 15.0. The number of nitrogens with zero attached hydrogens (tertiary/aromatic N) is 2. The third-order valence-electron chi connectivity index (χ3n) is 5.23. The number of carbonyl (C=O) groups excluding carboxylic acids is 1. The van der Waals surface area contributed by atoms with Crippen LogP contribution in [-0.2, 0) is 16.8 Å². The summed E-state index contributed by atoms with van der Waals surface area (Å²) >= 11 is 0. The number of nitrogens with one attached hydrogen (secondary N) is 2. The molecule has 4 N–H and O–H groups in total. The molecular weight excluding hydrogens is 326 g/mol. The largest absolute Gasteiger partial charge is 0.368 e. The molecule has 0 saturated carbocycles. The van der Waals surface area contributed by atoms with Crippen molar-refractivity contribution in [3.63, 3.8) is 0 Å². The normalized spacial score (nSPS) is 17.5. The summed E-state index contributed by atoms with van der Waals surface area (Å²) < 4.78 is 0. The molecule has 26 heavy (non-hydrogen) atoms. The first-order valence-corrected chi connectivity index (χ1v) is 9.26. The van der Waals surface area contributed by atoms with Crippen molar-refractivity contribution in [1.82, 2.24) is 20.6 Å². The second-order valence-electron chi connectivity index (χ2n) is 6.95. The molecule has 2 aromatic heterocycles. The van der Waals surface area contributed by atoms with Gasteiger partial charge in [0.25, 0.3) is 0 Å². The van der Waals surface area contributed by atoms with Gasteiger partial charge in [0, 0.05) is 36.8 Å². The third-order valence-corrected chi connectivity index (χ3v) is 5.23. The van der Waals surface area contributed by atoms with Crippen molar-refractivity contribution in [2.75, 3.05) is 19.6 Å². The standard InChI is InChI=1S/C20H27N5O/c21-19(26)20(18-2-1-8-24-15-18,14-17-5-11-23-12-6-17)25-13-7-16-3-9-22-10-4-16/h1-2,5-6,8,11-12,15-16,22,25H,3-4,7,9-10,13-14H2,(H2,21,26). The number of hydrogen-bond acceptors (Lipinski definition) is 5. The lowest BCUT2D eigenvalue weighted by molar-refractivity contribution is -0.124. The fourth-order valence-corrected chi connectivity index (χ4v) is 3.67. The number of carbonyl (C=O) groups is 1. The van der Waals surface area contributed by atoms with Crippen molar-refractivity contribution in [2.45, 2.75) is 31.2 Å². The highest BCUT2D eigenvalue weighted by atomic mass is 16.1. The molecule has 138 valence electrons. The van der Waals surface area contributed by atoms with E-state index < -0.39 is 5.54 Å². The van der Waals surface area contributed by atoms with Crippen LogP contribution in [0.15, 0.2) is 49.1 Å². The Morgan fingerprint density at radius 1 is 1.19 bits per heavy atom. The van der Waals surface area contributed by atoms with Crippen molar-refractivity contribution < 1.29 is 4.79 Å². The van der Waals surface area contributed by atoms with E-state index in [0.717, 1.165) is 37.2 Å². The lowest BCUT2D eigenvalue weighted by Crippen LogP contribution is -2.55. The van der Waals surface area contributed by atoms with Crippen LogP contribution >= 0.6 is 0 Å². The number of nitrogens with two attached hydrogens (primary N) is 1. The minimum Gasteiger partial charge on any atom is -0.368 e. The lowest BCUT2D eigenvalue weighted by Gasteiger charge is -2.33. The third kappa shape index (κ3) is 4.45. The predicted molar refractivity (Wildman–Crippen MR) is 101 cm³/mol. The molecule has 0 aromatic carbocycles. The highest BCUT2D eigenvalue weighted by Gasteiger charge is 2.38. The molecule has 1 aliphatic heterocycles. The molecule has 6 nitrogen and oxygen atoms in total. The fourth-order valence-electron chi connectivity index (χ4n) is 3.67. The van der Waals surface area contributed by atoms with Crippen molar-refractivity contribution in [1.29, 1.82) is 0 Å². The quantitative estimate of drug-likeness (QED) is 0.667. The van der Waals surface area contributed by atoms with E-state index in [1.165, 1.54) is 12.8 Å². The number of piperidine rings is 1. The first-order valence-electron chi connectivity index (χ1n) is 9.26. The number of amides is 1. The minimum atomic E-state index is -0.970. The minimum absolute atomic E-state index is 0.382. The topological polar surface area (TPSA) is 92.9 Å². The first-order chi connectivity index (χ1) is 12.7. The molecule has 0 spiro atoms. The van der Waals surface area contributed by atoms with E-state index >= 15 is 0 Å². The maximum atomic E-state index is 12.6. The van der Waals surface area contributed by atoms with Crippen LogP contribution in [0.1, 0.15) is 30.4 Å². The van der Waals surface area contributed by atoms with Crippen LogP contribution in [0.4, 0.5) is 0 Å². The van der Waals surface area contributed by atoms with E-state index in [2.05, 4.69) is 20.6 Å². The van der Waals surface area contributed by atoms with E-state index in [9.17, 15) is 4.79 Å². The van der Waals surface area contributed by atoms with Gasteiger partial charge in [-0.15, -0.1) is 0 Å². The maximum absolute atomic E-state index is 12.6. The number of rotatable bonds is 8. The summed E-state index contributed by atoms with van der Waals surface area (Å²) in [4.78, 5) is 20.9. The second-order valence-corrected chi connectivity index (χ2v) is 6.95. The van der Waals surface area contributed by atoms with Gasteiger partial charge in [-0.25, -0.2) is 0 Å². The number of aromatic nitrogens is 2. The summed E-state index contributed by atoms with van der Waals surface area (Å²) in [6, 6.07) is 7.59. The van der Waals surface area contributed by atoms with Gasteiger partial charge < -0.3 is 11.1 Å². The Balaban J connectivity index is 1.80. The van der Waals surface area contributed by atoms with E-state index in [-0.39, 0.29) is 5.91 Å². The van der Waals surface area contributed by atoms with Gasteiger partial charge >= 0.3 is 0 Å². The summed E-state index contributed by atoms with van der Waals surface area (Å²) in [5, 5.41) is 6.88. The van der Waals surface area contributed by atoms with Crippen molar-refractivity contribution in [3.05, 3.63) is 60.2 Å². The maximum Gasteiger partial charge on any atom is 0.242 e. The summed E-state index contributed by atoms with van der Waals surface area (Å²) in [7, 11) is 0. The number of hydrogen-bond donors (Lipinski definition) is 3. The monoisotopic (exact) mass is 353 g/mol. The SMILES string of the molecule is NC(=O)C(Cc1ccncc1)(NCCC1CCNCC1)c1cccnc1. The molecule has 0 radical (unpaired) electrons. The van der Waals surface area contributed by atoms with Gasteiger partial charge in [-0.2, -0.15) is 0 Å². The van der Waals surface area contributed by atoms with Crippen LogP contribution < -0.4 is 16.4 Å². The summed E-state index contributed by atoms with van der Waals surface area (Å²) in [5.41, 5.74) is 6.76. The van der Waals surface area contributed by atoms with Crippen molar-refractivity contribution in [3.8, 4) is 0 Å². The Hall–Kier alpha value is -2.31. The zero-order chi connectivity index (χ0) is 18.2. The van der Waals surface area contributed by atoms with Gasteiger partial charge in [0.2, 0.25) is 5.91 Å². The Bertz CT molecular complexity index is 688. The average molecular weight is 353 g/mol. The van der Waals surface area contributed by atoms with Crippen LogP contribution in [0, 0.1) is 5.92 Å². The van der Waals surface area contributed by atoms with Crippen LogP contribution in [0.25, 0.3) is 0 Å². The van der Waals surface area contributed by atoms with Crippen molar-refractivity contribution >= 4 is 5.91 Å². The predicted octanol–water partition coefficient (Wildman–Crippen LogP) is 1.38. The fraction of sp³-hybridized carbons (Fsp3) is 0.450. The van der Waals surface area contributed by atoms with E-state index in [1.54, 1.807) is 24.8 Å². The number of pyridine rings is 2. The molecule has 1 aliphatic rings. The van der Waals surface area contributed by atoms with Gasteiger partial charge in [0.15, 0.2) is 0 Å². The molecule has 0 bridgehead atoms.